The van der Waals surface area contributed by atoms with Gasteiger partial charge in [-0.2, -0.15) is 0 Å². The fraction of sp³-hybridized carbons (Fsp3) is 0.172. The summed E-state index contributed by atoms with van der Waals surface area (Å²) in [6.07, 6.45) is 2.58. The van der Waals surface area contributed by atoms with Gasteiger partial charge in [-0.15, -0.1) is 0 Å². The zero-order chi connectivity index (χ0) is 24.9. The van der Waals surface area contributed by atoms with Gasteiger partial charge in [0.2, 0.25) is 0 Å². The first kappa shape index (κ1) is 23.8. The van der Waals surface area contributed by atoms with Crippen LogP contribution in [0.4, 0.5) is 5.69 Å². The Labute approximate surface area is 204 Å². The SMILES string of the molecule is C=CC(=O)Oc1ccc(C2C=C(c3ccccc3C(=O)O)c3ccc(N(CC)CC)cc3O2)cc1. The average Bonchev–Trinajstić information content (AvgIpc) is 2.89. The topological polar surface area (TPSA) is 76.1 Å². The predicted octanol–water partition coefficient (Wildman–Crippen LogP) is 5.89. The number of rotatable bonds is 8. The van der Waals surface area contributed by atoms with Gasteiger partial charge in [0, 0.05) is 36.5 Å². The lowest BCUT2D eigenvalue weighted by Crippen LogP contribution is -2.22. The molecule has 3 aromatic rings. The number of carboxylic acid groups (broad SMARTS) is 1. The number of hydrogen-bond donors (Lipinski definition) is 1. The Morgan fingerprint density at radius 2 is 1.74 bits per heavy atom. The van der Waals surface area contributed by atoms with Crippen LogP contribution in [0.25, 0.3) is 5.57 Å². The first-order chi connectivity index (χ1) is 16.9. The van der Waals surface area contributed by atoms with Gasteiger partial charge in [-0.1, -0.05) is 36.9 Å². The van der Waals surface area contributed by atoms with E-state index in [1.165, 1.54) is 0 Å². The number of nitrogens with zero attached hydrogens (tertiary/aromatic N) is 1. The predicted molar refractivity (Wildman–Crippen MR) is 136 cm³/mol. The summed E-state index contributed by atoms with van der Waals surface area (Å²) >= 11 is 0. The van der Waals surface area contributed by atoms with Crippen LogP contribution in [-0.4, -0.2) is 30.1 Å². The molecule has 1 atom stereocenters. The summed E-state index contributed by atoms with van der Waals surface area (Å²) in [6.45, 7) is 9.32. The van der Waals surface area contributed by atoms with Gasteiger partial charge in [0.1, 0.15) is 17.6 Å². The van der Waals surface area contributed by atoms with Crippen molar-refractivity contribution in [1.29, 1.82) is 0 Å². The van der Waals surface area contributed by atoms with Crippen LogP contribution in [0.3, 0.4) is 0 Å². The van der Waals surface area contributed by atoms with E-state index in [9.17, 15) is 14.7 Å². The van der Waals surface area contributed by atoms with Crippen molar-refractivity contribution in [2.24, 2.45) is 0 Å². The van der Waals surface area contributed by atoms with E-state index in [2.05, 4.69) is 25.3 Å². The van der Waals surface area contributed by atoms with Gasteiger partial charge in [0.25, 0.3) is 0 Å². The highest BCUT2D eigenvalue weighted by atomic mass is 16.5. The molecule has 1 heterocycles. The van der Waals surface area contributed by atoms with Crippen molar-refractivity contribution < 1.29 is 24.2 Å². The van der Waals surface area contributed by atoms with Gasteiger partial charge < -0.3 is 19.5 Å². The molecule has 0 radical (unpaired) electrons. The summed E-state index contributed by atoms with van der Waals surface area (Å²) in [5.74, 6) is -0.436. The fourth-order valence-electron chi connectivity index (χ4n) is 4.22. The molecule has 0 saturated heterocycles. The number of fused-ring (bicyclic) bond motifs is 1. The molecule has 1 N–H and O–H groups in total. The molecule has 0 spiro atoms. The Kier molecular flexibility index (Phi) is 7.01. The van der Waals surface area contributed by atoms with Crippen molar-refractivity contribution in [1.82, 2.24) is 0 Å². The van der Waals surface area contributed by atoms with Crippen molar-refractivity contribution in [3.8, 4) is 11.5 Å². The van der Waals surface area contributed by atoms with E-state index in [0.29, 0.717) is 17.1 Å². The summed E-state index contributed by atoms with van der Waals surface area (Å²) in [7, 11) is 0. The van der Waals surface area contributed by atoms with Gasteiger partial charge in [0.15, 0.2) is 0 Å². The van der Waals surface area contributed by atoms with Crippen LogP contribution in [0.15, 0.2) is 85.5 Å². The molecule has 1 unspecified atom stereocenters. The molecule has 6 heteroatoms. The molecule has 178 valence electrons. The van der Waals surface area contributed by atoms with E-state index >= 15 is 0 Å². The van der Waals surface area contributed by atoms with Gasteiger partial charge in [0.05, 0.1) is 5.56 Å². The third-order valence-corrected chi connectivity index (χ3v) is 6.00. The number of ether oxygens (including phenoxy) is 2. The Hall–Kier alpha value is -4.32. The second-order valence-corrected chi connectivity index (χ2v) is 8.02. The molecule has 0 saturated carbocycles. The number of carbonyl (C=O) groups is 2. The van der Waals surface area contributed by atoms with E-state index in [0.717, 1.165) is 41.6 Å². The molecule has 6 nitrogen and oxygen atoms in total. The maximum absolute atomic E-state index is 12.0. The van der Waals surface area contributed by atoms with E-state index in [4.69, 9.17) is 9.47 Å². The van der Waals surface area contributed by atoms with E-state index < -0.39 is 18.0 Å². The van der Waals surface area contributed by atoms with Gasteiger partial charge in [-0.05, 0) is 67.0 Å². The summed E-state index contributed by atoms with van der Waals surface area (Å²) in [5.41, 5.74) is 4.36. The maximum atomic E-state index is 12.0. The number of carboxylic acids is 1. The van der Waals surface area contributed by atoms with E-state index in [1.54, 1.807) is 24.3 Å². The van der Waals surface area contributed by atoms with Gasteiger partial charge in [-0.25, -0.2) is 9.59 Å². The van der Waals surface area contributed by atoms with Crippen LogP contribution in [-0.2, 0) is 4.79 Å². The monoisotopic (exact) mass is 469 g/mol. The molecule has 4 rings (SSSR count). The molecular weight excluding hydrogens is 442 g/mol. The lowest BCUT2D eigenvalue weighted by molar-refractivity contribution is -0.128. The minimum absolute atomic E-state index is 0.227. The largest absolute Gasteiger partial charge is 0.481 e. The van der Waals surface area contributed by atoms with Crippen LogP contribution >= 0.6 is 0 Å². The Balaban J connectivity index is 1.81. The number of carbonyl (C=O) groups excluding carboxylic acids is 1. The minimum Gasteiger partial charge on any atom is -0.481 e. The maximum Gasteiger partial charge on any atom is 0.336 e. The van der Waals surface area contributed by atoms with Crippen LogP contribution in [0.2, 0.25) is 0 Å². The highest BCUT2D eigenvalue weighted by molar-refractivity contribution is 5.98. The van der Waals surface area contributed by atoms with E-state index in [-0.39, 0.29) is 5.56 Å². The second-order valence-electron chi connectivity index (χ2n) is 8.02. The third-order valence-electron chi connectivity index (χ3n) is 6.00. The molecule has 1 aliphatic rings. The summed E-state index contributed by atoms with van der Waals surface area (Å²) in [4.78, 5) is 25.7. The number of aromatic carboxylic acids is 1. The molecule has 35 heavy (non-hydrogen) atoms. The quantitative estimate of drug-likeness (QED) is 0.252. The first-order valence-electron chi connectivity index (χ1n) is 11.5. The first-order valence-corrected chi connectivity index (χ1v) is 11.5. The zero-order valence-electron chi connectivity index (χ0n) is 19.7. The smallest absolute Gasteiger partial charge is 0.336 e. The van der Waals surface area contributed by atoms with Gasteiger partial charge in [-0.3, -0.25) is 0 Å². The van der Waals surface area contributed by atoms with Crippen LogP contribution in [0.1, 0.15) is 47.0 Å². The third kappa shape index (κ3) is 4.96. The number of hydrogen-bond acceptors (Lipinski definition) is 5. The molecule has 3 aromatic carbocycles. The Morgan fingerprint density at radius 1 is 1.03 bits per heavy atom. The fourth-order valence-corrected chi connectivity index (χ4v) is 4.22. The minimum atomic E-state index is -0.987. The highest BCUT2D eigenvalue weighted by Crippen LogP contribution is 2.43. The standard InChI is InChI=1S/C29H27NO5/c1-4-28(31)34-21-14-11-19(12-15-21)26-18-25(22-9-7-8-10-24(22)29(32)33)23-16-13-20(17-27(23)35-26)30(5-2)6-3/h4,7-18,26H,1,5-6H2,2-3H3,(H,32,33). The number of esters is 1. The highest BCUT2D eigenvalue weighted by Gasteiger charge is 2.26. The summed E-state index contributed by atoms with van der Waals surface area (Å²) in [5, 5.41) is 9.82. The van der Waals surface area contributed by atoms with Crippen molar-refractivity contribution in [2.75, 3.05) is 18.0 Å². The molecular formula is C29H27NO5. The average molecular weight is 470 g/mol. The molecule has 0 amide bonds. The Bertz CT molecular complexity index is 1290. The lowest BCUT2D eigenvalue weighted by Gasteiger charge is -2.29. The molecule has 0 fully saturated rings. The van der Waals surface area contributed by atoms with Gasteiger partial charge >= 0.3 is 11.9 Å². The Morgan fingerprint density at radius 3 is 2.40 bits per heavy atom. The second kappa shape index (κ2) is 10.3. The van der Waals surface area contributed by atoms with Crippen molar-refractivity contribution in [2.45, 2.75) is 20.0 Å². The van der Waals surface area contributed by atoms with E-state index in [1.807, 2.05) is 48.5 Å². The summed E-state index contributed by atoms with van der Waals surface area (Å²) < 4.78 is 11.6. The molecule has 0 aromatic heterocycles. The van der Waals surface area contributed by atoms with Crippen LogP contribution < -0.4 is 14.4 Å². The molecule has 0 aliphatic carbocycles. The molecule has 0 bridgehead atoms. The lowest BCUT2D eigenvalue weighted by atomic mass is 9.89. The van der Waals surface area contributed by atoms with Crippen molar-refractivity contribution in [3.05, 3.63) is 108 Å². The summed E-state index contributed by atoms with van der Waals surface area (Å²) in [6, 6.07) is 20.1. The molecule has 1 aliphatic heterocycles. The number of anilines is 1. The van der Waals surface area contributed by atoms with Crippen LogP contribution in [0.5, 0.6) is 11.5 Å². The normalized spacial score (nSPS) is 14.2. The zero-order valence-corrected chi connectivity index (χ0v) is 19.7. The number of benzene rings is 3. The van der Waals surface area contributed by atoms with Crippen molar-refractivity contribution >= 4 is 23.2 Å². The van der Waals surface area contributed by atoms with Crippen LogP contribution in [0, 0.1) is 0 Å². The van der Waals surface area contributed by atoms with Crippen molar-refractivity contribution in [3.63, 3.8) is 0 Å².